The van der Waals surface area contributed by atoms with Gasteiger partial charge in [0.2, 0.25) is 0 Å². The number of nitrogens with zero attached hydrogens (tertiary/aromatic N) is 1. The maximum absolute atomic E-state index is 13.7. The van der Waals surface area contributed by atoms with E-state index in [0.29, 0.717) is 24.7 Å². The molecule has 0 radical (unpaired) electrons. The van der Waals surface area contributed by atoms with Crippen molar-refractivity contribution in [2.75, 3.05) is 40.5 Å². The third kappa shape index (κ3) is 4.76. The van der Waals surface area contributed by atoms with Gasteiger partial charge in [-0.2, -0.15) is 0 Å². The molecule has 1 aromatic rings. The van der Waals surface area contributed by atoms with Gasteiger partial charge in [0.25, 0.3) is 0 Å². The zero-order valence-corrected chi connectivity index (χ0v) is 16.6. The summed E-state index contributed by atoms with van der Waals surface area (Å²) >= 11 is 0. The van der Waals surface area contributed by atoms with Crippen LogP contribution in [0, 0.1) is 0 Å². The molecule has 25 heavy (non-hydrogen) atoms. The first-order valence-corrected chi connectivity index (χ1v) is 10.6. The summed E-state index contributed by atoms with van der Waals surface area (Å²) < 4.78 is 36.0. The van der Waals surface area contributed by atoms with E-state index in [1.54, 1.807) is 14.2 Å². The van der Waals surface area contributed by atoms with E-state index >= 15 is 0 Å². The number of benzene rings is 1. The molecule has 0 aromatic heterocycles. The molecule has 1 atom stereocenters. The van der Waals surface area contributed by atoms with Crippen molar-refractivity contribution in [1.82, 2.24) is 4.90 Å². The Hall–Kier alpha value is -1.07. The molecule has 0 N–H and O–H groups in total. The van der Waals surface area contributed by atoms with Crippen molar-refractivity contribution in [2.24, 2.45) is 0 Å². The quantitative estimate of drug-likeness (QED) is 0.598. The molecule has 1 aromatic carbocycles. The van der Waals surface area contributed by atoms with Gasteiger partial charge in [0.1, 0.15) is 17.3 Å². The zero-order chi connectivity index (χ0) is 18.3. The number of likely N-dealkylation sites (tertiary alicyclic amines) is 1. The molecule has 0 saturated carbocycles. The highest BCUT2D eigenvalue weighted by molar-refractivity contribution is 7.54. The molecule has 1 saturated heterocycles. The SMILES string of the molecule is CCOP(=O)(OCC)C(c1cc(OC)ccc1OC)N1CCCCC1. The second-order valence-corrected chi connectivity index (χ2v) is 8.04. The standard InChI is InChI=1S/C18H30NO5P/c1-5-23-25(20,24-6-2)18(19-12-8-7-9-13-19)16-14-15(21-3)10-11-17(16)22-4/h10-11,14,18H,5-9,12-13H2,1-4H3. The van der Waals surface area contributed by atoms with Gasteiger partial charge in [0.05, 0.1) is 27.4 Å². The topological polar surface area (TPSA) is 57.2 Å². The molecule has 0 bridgehead atoms. The number of hydrogen-bond acceptors (Lipinski definition) is 6. The van der Waals surface area contributed by atoms with Crippen molar-refractivity contribution in [3.05, 3.63) is 23.8 Å². The molecule has 1 heterocycles. The lowest BCUT2D eigenvalue weighted by molar-refractivity contribution is 0.145. The van der Waals surface area contributed by atoms with E-state index in [0.717, 1.165) is 31.5 Å². The lowest BCUT2D eigenvalue weighted by Crippen LogP contribution is -2.34. The summed E-state index contributed by atoms with van der Waals surface area (Å²) in [7, 11) is -0.167. The Balaban J connectivity index is 2.55. The van der Waals surface area contributed by atoms with Crippen LogP contribution in [0.3, 0.4) is 0 Å². The summed E-state index contributed by atoms with van der Waals surface area (Å²) in [5.41, 5.74) is 0.786. The molecule has 1 aliphatic heterocycles. The third-order valence-corrected chi connectivity index (χ3v) is 6.81. The Labute approximate surface area is 150 Å². The molecule has 0 spiro atoms. The summed E-state index contributed by atoms with van der Waals surface area (Å²) in [5, 5.41) is 0. The Morgan fingerprint density at radius 2 is 1.68 bits per heavy atom. The second-order valence-electron chi connectivity index (χ2n) is 5.95. The third-order valence-electron chi connectivity index (χ3n) is 4.37. The lowest BCUT2D eigenvalue weighted by Gasteiger charge is -2.38. The van der Waals surface area contributed by atoms with Crippen LogP contribution in [0.15, 0.2) is 18.2 Å². The minimum atomic E-state index is -3.40. The zero-order valence-electron chi connectivity index (χ0n) is 15.7. The van der Waals surface area contributed by atoms with Crippen molar-refractivity contribution in [3.8, 4) is 11.5 Å². The molecule has 1 fully saturated rings. The van der Waals surface area contributed by atoms with Crippen molar-refractivity contribution < 1.29 is 23.1 Å². The molecule has 1 unspecified atom stereocenters. The van der Waals surface area contributed by atoms with Crippen LogP contribution in [0.1, 0.15) is 44.5 Å². The maximum Gasteiger partial charge on any atom is 0.352 e. The van der Waals surface area contributed by atoms with Gasteiger partial charge in [-0.1, -0.05) is 6.42 Å². The van der Waals surface area contributed by atoms with Crippen LogP contribution < -0.4 is 9.47 Å². The number of methoxy groups -OCH3 is 2. The Bertz CT molecular complexity index is 579. The van der Waals surface area contributed by atoms with Gasteiger partial charge in [-0.15, -0.1) is 0 Å². The van der Waals surface area contributed by atoms with Gasteiger partial charge < -0.3 is 18.5 Å². The van der Waals surface area contributed by atoms with Crippen molar-refractivity contribution in [2.45, 2.75) is 38.9 Å². The maximum atomic E-state index is 13.7. The van der Waals surface area contributed by atoms with E-state index in [9.17, 15) is 4.57 Å². The highest BCUT2D eigenvalue weighted by atomic mass is 31.2. The summed E-state index contributed by atoms with van der Waals surface area (Å²) in [5.74, 6) is 0.853. The fourth-order valence-electron chi connectivity index (χ4n) is 3.31. The highest BCUT2D eigenvalue weighted by Crippen LogP contribution is 2.64. The molecule has 0 amide bonds. The first-order chi connectivity index (χ1) is 12.1. The van der Waals surface area contributed by atoms with Gasteiger partial charge in [0.15, 0.2) is 0 Å². The average Bonchev–Trinajstić information content (AvgIpc) is 2.63. The van der Waals surface area contributed by atoms with Crippen LogP contribution in [0.25, 0.3) is 0 Å². The van der Waals surface area contributed by atoms with Crippen LogP contribution >= 0.6 is 7.60 Å². The summed E-state index contributed by atoms with van der Waals surface area (Å²) in [6.45, 7) is 6.04. The molecule has 1 aliphatic rings. The van der Waals surface area contributed by atoms with Gasteiger partial charge >= 0.3 is 7.60 Å². The van der Waals surface area contributed by atoms with Crippen LogP contribution in [-0.4, -0.2) is 45.4 Å². The van der Waals surface area contributed by atoms with Crippen LogP contribution in [0.4, 0.5) is 0 Å². The molecule has 7 heteroatoms. The number of hydrogen-bond donors (Lipinski definition) is 0. The monoisotopic (exact) mass is 371 g/mol. The predicted molar refractivity (Wildman–Crippen MR) is 98.6 cm³/mol. The van der Waals surface area contributed by atoms with Crippen molar-refractivity contribution in [1.29, 1.82) is 0 Å². The Kier molecular flexibility index (Phi) is 7.76. The predicted octanol–water partition coefficient (Wildman–Crippen LogP) is 4.45. The highest BCUT2D eigenvalue weighted by Gasteiger charge is 2.43. The van der Waals surface area contributed by atoms with E-state index in [1.807, 2.05) is 32.0 Å². The van der Waals surface area contributed by atoms with E-state index < -0.39 is 13.4 Å². The fourth-order valence-corrected chi connectivity index (χ4v) is 5.56. The van der Waals surface area contributed by atoms with Crippen molar-refractivity contribution >= 4 is 7.60 Å². The molecule has 2 rings (SSSR count). The van der Waals surface area contributed by atoms with Crippen LogP contribution in [-0.2, 0) is 13.6 Å². The summed E-state index contributed by atoms with van der Waals surface area (Å²) in [6.07, 6.45) is 3.33. The van der Waals surface area contributed by atoms with Crippen LogP contribution in [0.2, 0.25) is 0 Å². The number of rotatable bonds is 9. The second kappa shape index (κ2) is 9.58. The van der Waals surface area contributed by atoms with Crippen molar-refractivity contribution in [3.63, 3.8) is 0 Å². The first-order valence-electron chi connectivity index (χ1n) is 8.94. The average molecular weight is 371 g/mol. The largest absolute Gasteiger partial charge is 0.497 e. The molecular weight excluding hydrogens is 341 g/mol. The van der Waals surface area contributed by atoms with E-state index in [4.69, 9.17) is 18.5 Å². The smallest absolute Gasteiger partial charge is 0.352 e. The normalized spacial score (nSPS) is 17.3. The fraction of sp³-hybridized carbons (Fsp3) is 0.667. The molecule has 142 valence electrons. The Morgan fingerprint density at radius 3 is 2.20 bits per heavy atom. The van der Waals surface area contributed by atoms with E-state index in [2.05, 4.69) is 4.90 Å². The van der Waals surface area contributed by atoms with Gasteiger partial charge in [-0.3, -0.25) is 9.46 Å². The Morgan fingerprint density at radius 1 is 1.04 bits per heavy atom. The minimum Gasteiger partial charge on any atom is -0.497 e. The van der Waals surface area contributed by atoms with Gasteiger partial charge in [-0.05, 0) is 58.0 Å². The van der Waals surface area contributed by atoms with E-state index in [1.165, 1.54) is 6.42 Å². The van der Waals surface area contributed by atoms with Gasteiger partial charge in [0, 0.05) is 5.56 Å². The molecule has 0 aliphatic carbocycles. The first kappa shape index (κ1) is 20.2. The summed E-state index contributed by atoms with van der Waals surface area (Å²) in [6, 6.07) is 5.55. The van der Waals surface area contributed by atoms with Crippen LogP contribution in [0.5, 0.6) is 11.5 Å². The number of ether oxygens (including phenoxy) is 2. The van der Waals surface area contributed by atoms with E-state index in [-0.39, 0.29) is 0 Å². The minimum absolute atomic E-state index is 0.327. The van der Waals surface area contributed by atoms with Gasteiger partial charge in [-0.25, -0.2) is 0 Å². The number of piperidine rings is 1. The molecular formula is C18H30NO5P. The molecule has 6 nitrogen and oxygen atoms in total. The summed E-state index contributed by atoms with van der Waals surface area (Å²) in [4.78, 5) is 2.20. The lowest BCUT2D eigenvalue weighted by atomic mass is 10.1.